The van der Waals surface area contributed by atoms with E-state index in [9.17, 15) is 5.11 Å². The minimum Gasteiger partial charge on any atom is -0.506 e. The van der Waals surface area contributed by atoms with E-state index in [1.165, 1.54) is 0 Å². The van der Waals surface area contributed by atoms with Crippen LogP contribution < -0.4 is 16.0 Å². The maximum absolute atomic E-state index is 9.85. The molecule has 1 heterocycles. The van der Waals surface area contributed by atoms with Crippen LogP contribution in [0.4, 0.5) is 17.1 Å². The van der Waals surface area contributed by atoms with Gasteiger partial charge in [-0.3, -0.25) is 10.9 Å². The number of para-hydroxylation sites is 2. The van der Waals surface area contributed by atoms with E-state index in [2.05, 4.69) is 10.9 Å². The summed E-state index contributed by atoms with van der Waals surface area (Å²) in [6, 6.07) is 13.4. The number of hydrazine groups is 2. The first kappa shape index (κ1) is 9.84. The molecule has 3 N–H and O–H groups in total. The maximum Gasteiger partial charge on any atom is 0.142 e. The van der Waals surface area contributed by atoms with E-state index in [0.717, 1.165) is 16.9 Å². The molecule has 0 spiro atoms. The highest BCUT2D eigenvalue weighted by molar-refractivity contribution is 5.80. The van der Waals surface area contributed by atoms with Gasteiger partial charge < -0.3 is 5.11 Å². The average Bonchev–Trinajstić information content (AvgIpc) is 2.75. The van der Waals surface area contributed by atoms with E-state index < -0.39 is 0 Å². The van der Waals surface area contributed by atoms with Crippen LogP contribution in [0.1, 0.15) is 5.56 Å². The summed E-state index contributed by atoms with van der Waals surface area (Å²) in [6.45, 7) is 1.99. The van der Waals surface area contributed by atoms with Crippen molar-refractivity contribution in [2.24, 2.45) is 0 Å². The summed E-state index contributed by atoms with van der Waals surface area (Å²) in [5, 5.41) is 11.6. The molecule has 0 aliphatic carbocycles. The minimum absolute atomic E-state index is 0.239. The molecule has 0 bridgehead atoms. The first-order valence-corrected chi connectivity index (χ1v) is 5.46. The van der Waals surface area contributed by atoms with Crippen molar-refractivity contribution in [1.82, 2.24) is 0 Å². The summed E-state index contributed by atoms with van der Waals surface area (Å²) in [6.07, 6.45) is 0. The Morgan fingerprint density at radius 1 is 1.00 bits per heavy atom. The predicted molar refractivity (Wildman–Crippen MR) is 69.0 cm³/mol. The van der Waals surface area contributed by atoms with Crippen LogP contribution in [0.3, 0.4) is 0 Å². The van der Waals surface area contributed by atoms with Crippen LogP contribution in [0.5, 0.6) is 5.75 Å². The number of phenolic OH excluding ortho intramolecular Hbond substituents is 1. The molecule has 3 rings (SSSR count). The topological polar surface area (TPSA) is 47.5 Å². The highest BCUT2D eigenvalue weighted by Gasteiger charge is 2.19. The number of nitrogens with one attached hydrogen (secondary N) is 2. The highest BCUT2D eigenvalue weighted by Crippen LogP contribution is 2.35. The van der Waals surface area contributed by atoms with E-state index in [4.69, 9.17) is 0 Å². The summed E-state index contributed by atoms with van der Waals surface area (Å²) < 4.78 is 0. The smallest absolute Gasteiger partial charge is 0.142 e. The summed E-state index contributed by atoms with van der Waals surface area (Å²) in [5.74, 6) is 0.239. The highest BCUT2D eigenvalue weighted by atomic mass is 16.3. The summed E-state index contributed by atoms with van der Waals surface area (Å²) in [5.41, 5.74) is 10.2. The first-order valence-electron chi connectivity index (χ1n) is 5.46. The minimum atomic E-state index is 0.239. The van der Waals surface area contributed by atoms with E-state index >= 15 is 0 Å². The maximum atomic E-state index is 9.85. The molecular weight excluding hydrogens is 214 g/mol. The standard InChI is InChI=1S/C13H13N3O/c1-9-6-7-13(17)12(8-9)16-14-10-4-2-3-5-11(10)15-16/h2-8,14-15,17H,1H3. The van der Waals surface area contributed by atoms with Crippen LogP contribution in [0.15, 0.2) is 42.5 Å². The number of aromatic hydroxyl groups is 1. The first-order chi connectivity index (χ1) is 8.24. The van der Waals surface area contributed by atoms with Gasteiger partial charge in [-0.05, 0) is 36.8 Å². The second-order valence-corrected chi connectivity index (χ2v) is 4.10. The summed E-state index contributed by atoms with van der Waals surface area (Å²) in [4.78, 5) is 0. The molecule has 1 aliphatic heterocycles. The molecule has 4 nitrogen and oxygen atoms in total. The van der Waals surface area contributed by atoms with Crippen molar-refractivity contribution in [3.8, 4) is 5.75 Å². The Morgan fingerprint density at radius 3 is 2.29 bits per heavy atom. The van der Waals surface area contributed by atoms with Gasteiger partial charge in [0.25, 0.3) is 0 Å². The number of hydrogen-bond acceptors (Lipinski definition) is 4. The quantitative estimate of drug-likeness (QED) is 0.701. The number of fused-ring (bicyclic) bond motifs is 1. The lowest BCUT2D eigenvalue weighted by molar-refractivity contribution is 0.475. The third kappa shape index (κ3) is 1.63. The molecule has 2 aromatic carbocycles. The van der Waals surface area contributed by atoms with Gasteiger partial charge in [-0.25, -0.2) is 0 Å². The van der Waals surface area contributed by atoms with Gasteiger partial charge in [0.05, 0.1) is 11.4 Å². The lowest BCUT2D eigenvalue weighted by Gasteiger charge is -2.20. The van der Waals surface area contributed by atoms with E-state index in [1.807, 2.05) is 43.3 Å². The molecular formula is C13H13N3O. The molecule has 0 saturated heterocycles. The molecule has 0 radical (unpaired) electrons. The van der Waals surface area contributed by atoms with Crippen molar-refractivity contribution in [3.05, 3.63) is 48.0 Å². The lowest BCUT2D eigenvalue weighted by atomic mass is 10.2. The van der Waals surface area contributed by atoms with Crippen LogP contribution in [0.25, 0.3) is 0 Å². The number of phenols is 1. The second-order valence-electron chi connectivity index (χ2n) is 4.10. The van der Waals surface area contributed by atoms with Gasteiger partial charge in [0.15, 0.2) is 0 Å². The summed E-state index contributed by atoms with van der Waals surface area (Å²) in [7, 11) is 0. The molecule has 0 atom stereocenters. The fourth-order valence-electron chi connectivity index (χ4n) is 1.88. The average molecular weight is 227 g/mol. The lowest BCUT2D eigenvalue weighted by Crippen LogP contribution is -2.29. The predicted octanol–water partition coefficient (Wildman–Crippen LogP) is 2.87. The van der Waals surface area contributed by atoms with E-state index in [1.54, 1.807) is 11.2 Å². The number of benzene rings is 2. The molecule has 86 valence electrons. The molecule has 2 aromatic rings. The number of hydrogen-bond donors (Lipinski definition) is 3. The Bertz CT molecular complexity index is 543. The normalized spacial score (nSPS) is 12.9. The number of rotatable bonds is 1. The molecule has 0 amide bonds. The third-order valence-electron chi connectivity index (χ3n) is 2.76. The number of aryl methyl sites for hydroxylation is 1. The van der Waals surface area contributed by atoms with E-state index in [0.29, 0.717) is 5.69 Å². The van der Waals surface area contributed by atoms with Gasteiger partial charge in [-0.2, -0.15) is 5.12 Å². The monoisotopic (exact) mass is 227 g/mol. The molecule has 1 aliphatic rings. The Hall–Kier alpha value is -2.36. The van der Waals surface area contributed by atoms with Gasteiger partial charge in [0.2, 0.25) is 0 Å². The van der Waals surface area contributed by atoms with Crippen molar-refractivity contribution in [1.29, 1.82) is 0 Å². The Kier molecular flexibility index (Phi) is 2.08. The largest absolute Gasteiger partial charge is 0.506 e. The molecule has 4 heteroatoms. The SMILES string of the molecule is Cc1ccc(O)c(N2Nc3ccccc3N2)c1. The van der Waals surface area contributed by atoms with Crippen LogP contribution in [-0.2, 0) is 0 Å². The zero-order chi connectivity index (χ0) is 11.8. The van der Waals surface area contributed by atoms with Gasteiger partial charge in [0.1, 0.15) is 11.4 Å². The second kappa shape index (κ2) is 3.59. The Morgan fingerprint density at radius 2 is 1.65 bits per heavy atom. The Balaban J connectivity index is 1.96. The third-order valence-corrected chi connectivity index (χ3v) is 2.76. The molecule has 17 heavy (non-hydrogen) atoms. The van der Waals surface area contributed by atoms with Crippen LogP contribution >= 0.6 is 0 Å². The van der Waals surface area contributed by atoms with Crippen molar-refractivity contribution < 1.29 is 5.11 Å². The zero-order valence-corrected chi connectivity index (χ0v) is 9.44. The molecule has 0 aromatic heterocycles. The van der Waals surface area contributed by atoms with Crippen LogP contribution in [-0.4, -0.2) is 5.11 Å². The fourth-order valence-corrected chi connectivity index (χ4v) is 1.88. The van der Waals surface area contributed by atoms with Gasteiger partial charge in [0, 0.05) is 0 Å². The number of anilines is 3. The van der Waals surface area contributed by atoms with Crippen molar-refractivity contribution in [2.45, 2.75) is 6.92 Å². The van der Waals surface area contributed by atoms with Crippen molar-refractivity contribution in [3.63, 3.8) is 0 Å². The van der Waals surface area contributed by atoms with Crippen LogP contribution in [0.2, 0.25) is 0 Å². The zero-order valence-electron chi connectivity index (χ0n) is 9.44. The van der Waals surface area contributed by atoms with Crippen molar-refractivity contribution in [2.75, 3.05) is 16.0 Å². The van der Waals surface area contributed by atoms with Gasteiger partial charge in [-0.1, -0.05) is 18.2 Å². The number of nitrogens with zero attached hydrogens (tertiary/aromatic N) is 1. The molecule has 0 unspecified atom stereocenters. The van der Waals surface area contributed by atoms with Gasteiger partial charge >= 0.3 is 0 Å². The fraction of sp³-hybridized carbons (Fsp3) is 0.0769. The molecule has 0 saturated carbocycles. The van der Waals surface area contributed by atoms with Gasteiger partial charge in [-0.15, -0.1) is 0 Å². The van der Waals surface area contributed by atoms with Crippen LogP contribution in [0, 0.1) is 6.92 Å². The molecule has 0 fully saturated rings. The van der Waals surface area contributed by atoms with E-state index in [-0.39, 0.29) is 5.75 Å². The Labute approximate surface area is 99.4 Å². The summed E-state index contributed by atoms with van der Waals surface area (Å²) >= 11 is 0. The van der Waals surface area contributed by atoms with Crippen molar-refractivity contribution >= 4 is 17.1 Å².